The van der Waals surface area contributed by atoms with Gasteiger partial charge in [-0.15, -0.1) is 5.10 Å². The summed E-state index contributed by atoms with van der Waals surface area (Å²) in [5.74, 6) is 0. The summed E-state index contributed by atoms with van der Waals surface area (Å²) in [6.45, 7) is 2.22. The quantitative estimate of drug-likeness (QED) is 0.769. The van der Waals surface area contributed by atoms with Gasteiger partial charge in [0.15, 0.2) is 0 Å². The highest BCUT2D eigenvalue weighted by Gasteiger charge is 2.17. The van der Waals surface area contributed by atoms with Gasteiger partial charge in [-0.25, -0.2) is 23.1 Å². The van der Waals surface area contributed by atoms with Crippen LogP contribution in [0, 0.1) is 0 Å². The molecule has 1 fully saturated rings. The van der Waals surface area contributed by atoms with Gasteiger partial charge in [0.2, 0.25) is 9.30 Å². The number of hydrogen-bond donors (Lipinski definition) is 1. The summed E-state index contributed by atoms with van der Waals surface area (Å²) < 4.78 is 24.0. The van der Waals surface area contributed by atoms with E-state index in [9.17, 15) is 8.42 Å². The summed E-state index contributed by atoms with van der Waals surface area (Å²) in [6.07, 6.45) is 5.53. The number of rotatable bonds is 3. The molecule has 0 unspecified atom stereocenters. The molecule has 0 spiro atoms. The molecule has 0 amide bonds. The molecule has 126 valence electrons. The third kappa shape index (κ3) is 2.90. The van der Waals surface area contributed by atoms with Gasteiger partial charge in [0.05, 0.1) is 11.9 Å². The van der Waals surface area contributed by atoms with E-state index in [1.165, 1.54) is 29.5 Å². The second-order valence-electron chi connectivity index (χ2n) is 5.86. The van der Waals surface area contributed by atoms with Crippen molar-refractivity contribution in [3.8, 4) is 11.3 Å². The number of nitrogens with two attached hydrogens (primary N) is 1. The van der Waals surface area contributed by atoms with Crippen molar-refractivity contribution in [3.05, 3.63) is 30.5 Å². The number of primary sulfonamides is 1. The molecule has 2 aromatic heterocycles. The minimum atomic E-state index is -3.79. The van der Waals surface area contributed by atoms with Crippen LogP contribution in [-0.2, 0) is 10.0 Å². The largest absolute Gasteiger partial charge is 0.372 e. The lowest BCUT2D eigenvalue weighted by atomic mass is 10.1. The summed E-state index contributed by atoms with van der Waals surface area (Å²) in [6, 6.07) is 8.29. The standard InChI is InChI=1S/C15H17N5O2S2/c16-24(21,22)15-18-20-10-13(17-14(20)23-15)11-4-6-12(7-5-11)19-8-2-1-3-9-19/h4-7,10H,1-3,8-9H2,(H2,16,21,22). The normalized spacial score (nSPS) is 16.0. The van der Waals surface area contributed by atoms with E-state index < -0.39 is 10.0 Å². The first kappa shape index (κ1) is 15.6. The van der Waals surface area contributed by atoms with Crippen molar-refractivity contribution in [1.82, 2.24) is 14.6 Å². The Balaban J connectivity index is 1.61. The van der Waals surface area contributed by atoms with E-state index in [1.54, 1.807) is 6.20 Å². The van der Waals surface area contributed by atoms with Gasteiger partial charge in [-0.1, -0.05) is 23.5 Å². The lowest BCUT2D eigenvalue weighted by Crippen LogP contribution is -2.29. The minimum Gasteiger partial charge on any atom is -0.372 e. The molecule has 0 atom stereocenters. The van der Waals surface area contributed by atoms with Gasteiger partial charge in [0, 0.05) is 24.3 Å². The maximum absolute atomic E-state index is 11.3. The van der Waals surface area contributed by atoms with Crippen LogP contribution in [0.1, 0.15) is 19.3 Å². The van der Waals surface area contributed by atoms with Crippen molar-refractivity contribution < 1.29 is 8.42 Å². The fourth-order valence-electron chi connectivity index (χ4n) is 2.93. The minimum absolute atomic E-state index is 0.128. The third-order valence-electron chi connectivity index (χ3n) is 4.15. The molecule has 24 heavy (non-hydrogen) atoms. The van der Waals surface area contributed by atoms with Crippen LogP contribution in [-0.4, -0.2) is 36.1 Å². The summed E-state index contributed by atoms with van der Waals surface area (Å²) in [4.78, 5) is 7.35. The van der Waals surface area contributed by atoms with Gasteiger partial charge in [0.25, 0.3) is 10.0 Å². The Labute approximate surface area is 143 Å². The maximum atomic E-state index is 11.3. The Morgan fingerprint density at radius 1 is 1.08 bits per heavy atom. The van der Waals surface area contributed by atoms with Crippen LogP contribution in [0.2, 0.25) is 0 Å². The molecule has 1 aliphatic rings. The smallest absolute Gasteiger partial charge is 0.267 e. The number of imidazole rings is 1. The van der Waals surface area contributed by atoms with E-state index in [1.807, 2.05) is 12.1 Å². The van der Waals surface area contributed by atoms with E-state index in [0.29, 0.717) is 4.96 Å². The van der Waals surface area contributed by atoms with Gasteiger partial charge >= 0.3 is 0 Å². The zero-order valence-electron chi connectivity index (χ0n) is 12.9. The number of benzene rings is 1. The van der Waals surface area contributed by atoms with E-state index in [2.05, 4.69) is 27.1 Å². The molecular weight excluding hydrogens is 346 g/mol. The number of piperidine rings is 1. The fourth-order valence-corrected chi connectivity index (χ4v) is 4.44. The second kappa shape index (κ2) is 5.83. The van der Waals surface area contributed by atoms with Crippen LogP contribution in [0.3, 0.4) is 0 Å². The zero-order valence-corrected chi connectivity index (χ0v) is 14.6. The molecule has 1 aliphatic heterocycles. The zero-order chi connectivity index (χ0) is 16.7. The second-order valence-corrected chi connectivity index (χ2v) is 8.55. The fraction of sp³-hybridized carbons (Fsp3) is 0.333. The third-order valence-corrected chi connectivity index (χ3v) is 6.38. The molecule has 9 heteroatoms. The molecule has 3 aromatic rings. The summed E-state index contributed by atoms with van der Waals surface area (Å²) in [5, 5.41) is 9.06. The van der Waals surface area contributed by atoms with Gasteiger partial charge in [-0.05, 0) is 31.4 Å². The average Bonchev–Trinajstić information content (AvgIpc) is 3.14. The van der Waals surface area contributed by atoms with E-state index in [-0.39, 0.29) is 4.34 Å². The van der Waals surface area contributed by atoms with Crippen LogP contribution in [0.25, 0.3) is 16.2 Å². The van der Waals surface area contributed by atoms with Crippen molar-refractivity contribution in [1.29, 1.82) is 0 Å². The van der Waals surface area contributed by atoms with E-state index in [0.717, 1.165) is 35.7 Å². The molecule has 0 saturated carbocycles. The topological polar surface area (TPSA) is 93.6 Å². The van der Waals surface area contributed by atoms with Gasteiger partial charge in [0.1, 0.15) is 0 Å². The summed E-state index contributed by atoms with van der Waals surface area (Å²) in [7, 11) is -3.79. The highest BCUT2D eigenvalue weighted by molar-refractivity contribution is 7.91. The number of hydrogen-bond acceptors (Lipinski definition) is 6. The molecule has 0 bridgehead atoms. The number of fused-ring (bicyclic) bond motifs is 1. The van der Waals surface area contributed by atoms with Gasteiger partial charge < -0.3 is 4.90 Å². The Hall–Kier alpha value is -1.97. The number of anilines is 1. The lowest BCUT2D eigenvalue weighted by molar-refractivity contribution is 0.578. The Kier molecular flexibility index (Phi) is 3.78. The van der Waals surface area contributed by atoms with Crippen LogP contribution >= 0.6 is 11.3 Å². The molecule has 0 radical (unpaired) electrons. The van der Waals surface area contributed by atoms with Crippen molar-refractivity contribution >= 4 is 32.0 Å². The predicted molar refractivity (Wildman–Crippen MR) is 93.7 cm³/mol. The number of aromatic nitrogens is 3. The van der Waals surface area contributed by atoms with Crippen LogP contribution in [0.4, 0.5) is 5.69 Å². The summed E-state index contributed by atoms with van der Waals surface area (Å²) >= 11 is 0.965. The van der Waals surface area contributed by atoms with E-state index >= 15 is 0 Å². The summed E-state index contributed by atoms with van der Waals surface area (Å²) in [5.41, 5.74) is 2.97. The molecule has 4 rings (SSSR count). The number of nitrogens with zero attached hydrogens (tertiary/aromatic N) is 4. The Morgan fingerprint density at radius 2 is 1.79 bits per heavy atom. The van der Waals surface area contributed by atoms with Crippen LogP contribution < -0.4 is 10.0 Å². The first-order valence-corrected chi connectivity index (χ1v) is 10.1. The SMILES string of the molecule is NS(=O)(=O)c1nn2cc(-c3ccc(N4CCCCC4)cc3)nc2s1. The van der Waals surface area contributed by atoms with Crippen molar-refractivity contribution in [3.63, 3.8) is 0 Å². The molecule has 3 heterocycles. The highest BCUT2D eigenvalue weighted by Crippen LogP contribution is 2.26. The lowest BCUT2D eigenvalue weighted by Gasteiger charge is -2.28. The molecule has 2 N–H and O–H groups in total. The monoisotopic (exact) mass is 363 g/mol. The average molecular weight is 363 g/mol. The van der Waals surface area contributed by atoms with Crippen molar-refractivity contribution in [2.24, 2.45) is 5.14 Å². The van der Waals surface area contributed by atoms with E-state index in [4.69, 9.17) is 5.14 Å². The van der Waals surface area contributed by atoms with Gasteiger partial charge in [-0.2, -0.15) is 0 Å². The molecule has 1 aromatic carbocycles. The van der Waals surface area contributed by atoms with Crippen LogP contribution in [0.5, 0.6) is 0 Å². The highest BCUT2D eigenvalue weighted by atomic mass is 32.2. The Bertz CT molecular complexity index is 938. The number of sulfonamides is 1. The van der Waals surface area contributed by atoms with Gasteiger partial charge in [-0.3, -0.25) is 0 Å². The Morgan fingerprint density at radius 3 is 2.42 bits per heavy atom. The predicted octanol–water partition coefficient (Wildman–Crippen LogP) is 2.10. The van der Waals surface area contributed by atoms with Crippen molar-refractivity contribution in [2.75, 3.05) is 18.0 Å². The van der Waals surface area contributed by atoms with Crippen molar-refractivity contribution in [2.45, 2.75) is 23.6 Å². The molecule has 7 nitrogen and oxygen atoms in total. The van der Waals surface area contributed by atoms with Crippen LogP contribution in [0.15, 0.2) is 34.8 Å². The molecule has 1 saturated heterocycles. The molecule has 0 aliphatic carbocycles. The maximum Gasteiger partial charge on any atom is 0.267 e. The first-order chi connectivity index (χ1) is 11.5. The first-order valence-electron chi connectivity index (χ1n) is 7.75. The molecular formula is C15H17N5O2S2.